The number of urea groups is 1. The van der Waals surface area contributed by atoms with Crippen molar-refractivity contribution in [1.82, 2.24) is 15.6 Å². The maximum Gasteiger partial charge on any atom is 0.315 e. The number of hydrogen-bond acceptors (Lipinski definition) is 4. The molecule has 0 aromatic carbocycles. The van der Waals surface area contributed by atoms with Gasteiger partial charge in [-0.3, -0.25) is 0 Å². The molecule has 0 bridgehead atoms. The summed E-state index contributed by atoms with van der Waals surface area (Å²) >= 11 is 0. The van der Waals surface area contributed by atoms with Crippen molar-refractivity contribution in [2.45, 2.75) is 25.9 Å². The van der Waals surface area contributed by atoms with Crippen LogP contribution >= 0.6 is 0 Å². The molecule has 6 nitrogen and oxygen atoms in total. The van der Waals surface area contributed by atoms with Gasteiger partial charge in [0.25, 0.3) is 0 Å². The van der Waals surface area contributed by atoms with Gasteiger partial charge < -0.3 is 20.0 Å². The topological polar surface area (TPSA) is 70.4 Å². The summed E-state index contributed by atoms with van der Waals surface area (Å²) in [5.74, 6) is 1.02. The molecule has 2 N–H and O–H groups in total. The molecular weight excluding hydrogens is 280 g/mol. The number of carbonyl (C=O) groups excluding carboxylic acids is 1. The minimum atomic E-state index is -0.204. The zero-order valence-corrected chi connectivity index (χ0v) is 12.4. The summed E-state index contributed by atoms with van der Waals surface area (Å²) in [6.45, 7) is 3.08. The Bertz CT molecular complexity index is 589. The minimum Gasteiger partial charge on any atom is -0.472 e. The number of rotatable bonds is 5. The first-order chi connectivity index (χ1) is 10.8. The van der Waals surface area contributed by atoms with Crippen LogP contribution in [0.4, 0.5) is 10.6 Å². The standard InChI is InChI=1S/C16H20N4O2/c21-16(19-11-14-5-8-22-12-14)18-10-13-3-4-15(17-9-13)20-6-1-2-7-20/h3-5,8-9,12H,1-2,6-7,10-11H2,(H2,18,19,21). The third kappa shape index (κ3) is 3.78. The van der Waals surface area contributed by atoms with Crippen molar-refractivity contribution in [1.29, 1.82) is 0 Å². The second kappa shape index (κ2) is 6.98. The molecule has 0 spiro atoms. The van der Waals surface area contributed by atoms with Crippen molar-refractivity contribution in [3.8, 4) is 0 Å². The number of nitrogens with one attached hydrogen (secondary N) is 2. The Balaban J connectivity index is 1.43. The Hall–Kier alpha value is -2.50. The Kier molecular flexibility index (Phi) is 4.58. The lowest BCUT2D eigenvalue weighted by molar-refractivity contribution is 0.240. The van der Waals surface area contributed by atoms with Gasteiger partial charge in [0.05, 0.1) is 12.5 Å². The van der Waals surface area contributed by atoms with Crippen LogP contribution in [0.5, 0.6) is 0 Å². The van der Waals surface area contributed by atoms with E-state index in [1.54, 1.807) is 12.5 Å². The van der Waals surface area contributed by atoms with E-state index in [1.807, 2.05) is 24.4 Å². The summed E-state index contributed by atoms with van der Waals surface area (Å²) in [6, 6.07) is 5.65. The lowest BCUT2D eigenvalue weighted by Gasteiger charge is -2.16. The Morgan fingerprint density at radius 2 is 1.91 bits per heavy atom. The van der Waals surface area contributed by atoms with Gasteiger partial charge in [-0.05, 0) is 30.5 Å². The lowest BCUT2D eigenvalue weighted by Crippen LogP contribution is -2.34. The van der Waals surface area contributed by atoms with Crippen molar-refractivity contribution < 1.29 is 9.21 Å². The van der Waals surface area contributed by atoms with E-state index in [4.69, 9.17) is 4.42 Å². The molecule has 1 aliphatic heterocycles. The maximum absolute atomic E-state index is 11.7. The van der Waals surface area contributed by atoms with Crippen molar-refractivity contribution >= 4 is 11.8 Å². The van der Waals surface area contributed by atoms with Crippen LogP contribution in [0.15, 0.2) is 41.3 Å². The number of carbonyl (C=O) groups is 1. The molecule has 0 aliphatic carbocycles. The molecule has 2 aromatic rings. The largest absolute Gasteiger partial charge is 0.472 e. The number of nitrogens with zero attached hydrogens (tertiary/aromatic N) is 2. The summed E-state index contributed by atoms with van der Waals surface area (Å²) < 4.78 is 4.95. The summed E-state index contributed by atoms with van der Waals surface area (Å²) in [6.07, 6.45) is 7.50. The number of anilines is 1. The molecule has 116 valence electrons. The summed E-state index contributed by atoms with van der Waals surface area (Å²) in [4.78, 5) is 18.5. The van der Waals surface area contributed by atoms with E-state index >= 15 is 0 Å². The van der Waals surface area contributed by atoms with Crippen molar-refractivity contribution in [3.63, 3.8) is 0 Å². The van der Waals surface area contributed by atoms with Gasteiger partial charge >= 0.3 is 6.03 Å². The normalized spacial score (nSPS) is 14.1. The van der Waals surface area contributed by atoms with Crippen LogP contribution < -0.4 is 15.5 Å². The highest BCUT2D eigenvalue weighted by atomic mass is 16.3. The van der Waals surface area contributed by atoms with E-state index in [0.717, 1.165) is 30.0 Å². The number of hydrogen-bond donors (Lipinski definition) is 2. The first-order valence-corrected chi connectivity index (χ1v) is 7.54. The van der Waals surface area contributed by atoms with Gasteiger partial charge in [0.2, 0.25) is 0 Å². The number of aromatic nitrogens is 1. The molecule has 3 heterocycles. The quantitative estimate of drug-likeness (QED) is 0.888. The molecule has 6 heteroatoms. The van der Waals surface area contributed by atoms with E-state index in [2.05, 4.69) is 20.5 Å². The smallest absolute Gasteiger partial charge is 0.315 e. The third-order valence-electron chi connectivity index (χ3n) is 3.73. The van der Waals surface area contributed by atoms with Crippen LogP contribution in [-0.2, 0) is 13.1 Å². The fourth-order valence-corrected chi connectivity index (χ4v) is 2.47. The summed E-state index contributed by atoms with van der Waals surface area (Å²) in [5.41, 5.74) is 1.92. The van der Waals surface area contributed by atoms with E-state index in [1.165, 1.54) is 12.8 Å². The average Bonchev–Trinajstić information content (AvgIpc) is 3.24. The SMILES string of the molecule is O=C(NCc1ccc(N2CCCC2)nc1)NCc1ccoc1. The highest BCUT2D eigenvalue weighted by Gasteiger charge is 2.12. The molecule has 0 radical (unpaired) electrons. The molecule has 0 unspecified atom stereocenters. The molecular formula is C16H20N4O2. The number of pyridine rings is 1. The molecule has 1 fully saturated rings. The molecule has 2 aromatic heterocycles. The number of amides is 2. The van der Waals surface area contributed by atoms with Gasteiger partial charge in [-0.2, -0.15) is 0 Å². The van der Waals surface area contributed by atoms with Gasteiger partial charge in [-0.25, -0.2) is 9.78 Å². The lowest BCUT2D eigenvalue weighted by atomic mass is 10.3. The second-order valence-corrected chi connectivity index (χ2v) is 5.39. The fraction of sp³-hybridized carbons (Fsp3) is 0.375. The second-order valence-electron chi connectivity index (χ2n) is 5.39. The molecule has 1 saturated heterocycles. The van der Waals surface area contributed by atoms with E-state index in [0.29, 0.717) is 13.1 Å². The zero-order chi connectivity index (χ0) is 15.2. The van der Waals surface area contributed by atoms with Crippen LogP contribution in [-0.4, -0.2) is 24.1 Å². The Labute approximate surface area is 129 Å². The summed E-state index contributed by atoms with van der Waals surface area (Å²) in [7, 11) is 0. The molecule has 2 amide bonds. The van der Waals surface area contributed by atoms with Gasteiger partial charge in [0, 0.05) is 37.9 Å². The number of furan rings is 1. The van der Waals surface area contributed by atoms with E-state index in [-0.39, 0.29) is 6.03 Å². The average molecular weight is 300 g/mol. The van der Waals surface area contributed by atoms with Crippen LogP contribution in [0.25, 0.3) is 0 Å². The molecule has 0 saturated carbocycles. The van der Waals surface area contributed by atoms with Crippen molar-refractivity contribution in [2.75, 3.05) is 18.0 Å². The van der Waals surface area contributed by atoms with E-state index < -0.39 is 0 Å². The monoisotopic (exact) mass is 300 g/mol. The summed E-state index contributed by atoms with van der Waals surface area (Å²) in [5, 5.41) is 5.59. The maximum atomic E-state index is 11.7. The van der Waals surface area contributed by atoms with Gasteiger partial charge in [0.1, 0.15) is 5.82 Å². The van der Waals surface area contributed by atoms with Crippen LogP contribution in [0.3, 0.4) is 0 Å². The van der Waals surface area contributed by atoms with Gasteiger partial charge in [0.15, 0.2) is 0 Å². The van der Waals surface area contributed by atoms with Gasteiger partial charge in [-0.15, -0.1) is 0 Å². The molecule has 1 aliphatic rings. The van der Waals surface area contributed by atoms with Crippen LogP contribution in [0, 0.1) is 0 Å². The van der Waals surface area contributed by atoms with Crippen LogP contribution in [0.1, 0.15) is 24.0 Å². The molecule has 0 atom stereocenters. The van der Waals surface area contributed by atoms with Crippen molar-refractivity contribution in [3.05, 3.63) is 48.0 Å². The first kappa shape index (κ1) is 14.4. The zero-order valence-electron chi connectivity index (χ0n) is 12.4. The van der Waals surface area contributed by atoms with Crippen molar-refractivity contribution in [2.24, 2.45) is 0 Å². The third-order valence-corrected chi connectivity index (χ3v) is 3.73. The first-order valence-electron chi connectivity index (χ1n) is 7.54. The Morgan fingerprint density at radius 1 is 1.14 bits per heavy atom. The fourth-order valence-electron chi connectivity index (χ4n) is 2.47. The predicted molar refractivity (Wildman–Crippen MR) is 83.5 cm³/mol. The minimum absolute atomic E-state index is 0.204. The van der Waals surface area contributed by atoms with Gasteiger partial charge in [-0.1, -0.05) is 6.07 Å². The highest BCUT2D eigenvalue weighted by Crippen LogP contribution is 2.17. The molecule has 3 rings (SSSR count). The van der Waals surface area contributed by atoms with Crippen LogP contribution in [0.2, 0.25) is 0 Å². The predicted octanol–water partition coefficient (Wildman–Crippen LogP) is 2.27. The van der Waals surface area contributed by atoms with E-state index in [9.17, 15) is 4.79 Å². The Morgan fingerprint density at radius 3 is 2.55 bits per heavy atom. The molecule has 22 heavy (non-hydrogen) atoms. The highest BCUT2D eigenvalue weighted by molar-refractivity contribution is 5.73.